The number of aromatic nitrogens is 2. The molecule has 3 aromatic rings. The third-order valence-corrected chi connectivity index (χ3v) is 3.42. The van der Waals surface area contributed by atoms with Gasteiger partial charge in [0.05, 0.1) is 17.6 Å². The molecule has 3 rings (SSSR count). The Hall–Kier alpha value is -2.27. The summed E-state index contributed by atoms with van der Waals surface area (Å²) in [6, 6.07) is 10.0. The molecule has 0 fully saturated rings. The van der Waals surface area contributed by atoms with Gasteiger partial charge in [-0.1, -0.05) is 6.07 Å². The molecular formula is C15H17N3O2. The van der Waals surface area contributed by atoms with Crippen molar-refractivity contribution in [1.82, 2.24) is 15.3 Å². The molecule has 0 amide bonds. The Morgan fingerprint density at radius 1 is 1.20 bits per heavy atom. The molecule has 104 valence electrons. The molecule has 1 aromatic carbocycles. The number of hydrogen-bond donors (Lipinski definition) is 3. The third kappa shape index (κ3) is 2.53. The first-order chi connectivity index (χ1) is 9.61. The average molecular weight is 271 g/mol. The summed E-state index contributed by atoms with van der Waals surface area (Å²) in [6.07, 6.45) is 0. The lowest BCUT2D eigenvalue weighted by molar-refractivity contribution is 0.444. The molecule has 3 N–H and O–H groups in total. The van der Waals surface area contributed by atoms with Gasteiger partial charge in [0.25, 0.3) is 0 Å². The van der Waals surface area contributed by atoms with Crippen LogP contribution in [0.2, 0.25) is 0 Å². The van der Waals surface area contributed by atoms with Crippen molar-refractivity contribution in [1.29, 1.82) is 0 Å². The van der Waals surface area contributed by atoms with Gasteiger partial charge in [-0.25, -0.2) is 4.79 Å². The fourth-order valence-corrected chi connectivity index (χ4v) is 2.27. The number of rotatable bonds is 4. The molecular weight excluding hydrogens is 254 g/mol. The van der Waals surface area contributed by atoms with Crippen LogP contribution in [0.1, 0.15) is 30.0 Å². The zero-order chi connectivity index (χ0) is 14.1. The standard InChI is InChI=1S/C15H17N3O2/c1-9-3-5-12(20-9)8-16-10(2)11-4-6-13-14(7-11)18-15(19)17-13/h3-7,10,16H,8H2,1-2H3,(H2,17,18,19). The van der Waals surface area contributed by atoms with Gasteiger partial charge in [0.2, 0.25) is 0 Å². The molecule has 2 aromatic heterocycles. The van der Waals surface area contributed by atoms with Crippen LogP contribution in [0.3, 0.4) is 0 Å². The molecule has 0 spiro atoms. The maximum absolute atomic E-state index is 11.2. The quantitative estimate of drug-likeness (QED) is 0.683. The maximum atomic E-state index is 11.2. The van der Waals surface area contributed by atoms with Crippen LogP contribution in [0.4, 0.5) is 0 Å². The van der Waals surface area contributed by atoms with Gasteiger partial charge in [-0.2, -0.15) is 0 Å². The molecule has 20 heavy (non-hydrogen) atoms. The topological polar surface area (TPSA) is 73.8 Å². The number of aromatic amines is 2. The Labute approximate surface area is 116 Å². The van der Waals surface area contributed by atoms with E-state index in [1.807, 2.05) is 37.3 Å². The smallest absolute Gasteiger partial charge is 0.323 e. The molecule has 0 aliphatic carbocycles. The first kappa shape index (κ1) is 12.7. The SMILES string of the molecule is Cc1ccc(CNC(C)c2ccc3[nH]c(=O)[nH]c3c2)o1. The largest absolute Gasteiger partial charge is 0.465 e. The Balaban J connectivity index is 1.74. The monoisotopic (exact) mass is 271 g/mol. The van der Waals surface area contributed by atoms with Gasteiger partial charge < -0.3 is 19.7 Å². The van der Waals surface area contributed by atoms with Crippen molar-refractivity contribution in [2.24, 2.45) is 0 Å². The Kier molecular flexibility index (Phi) is 3.20. The first-order valence-electron chi connectivity index (χ1n) is 6.62. The van der Waals surface area contributed by atoms with Gasteiger partial charge in [-0.05, 0) is 43.7 Å². The first-order valence-corrected chi connectivity index (χ1v) is 6.62. The molecule has 0 aliphatic rings. The van der Waals surface area contributed by atoms with Gasteiger partial charge in [-0.15, -0.1) is 0 Å². The minimum atomic E-state index is -0.177. The van der Waals surface area contributed by atoms with Crippen molar-refractivity contribution in [2.45, 2.75) is 26.4 Å². The van der Waals surface area contributed by atoms with Crippen LogP contribution in [-0.2, 0) is 6.54 Å². The molecule has 0 bridgehead atoms. The minimum Gasteiger partial charge on any atom is -0.465 e. The van der Waals surface area contributed by atoms with Crippen molar-refractivity contribution in [3.05, 3.63) is 57.9 Å². The number of H-pyrrole nitrogens is 2. The zero-order valence-electron chi connectivity index (χ0n) is 11.5. The van der Waals surface area contributed by atoms with E-state index < -0.39 is 0 Å². The van der Waals surface area contributed by atoms with Crippen molar-refractivity contribution in [3.8, 4) is 0 Å². The highest BCUT2D eigenvalue weighted by molar-refractivity contribution is 5.75. The number of hydrogen-bond acceptors (Lipinski definition) is 3. The van der Waals surface area contributed by atoms with E-state index in [-0.39, 0.29) is 11.7 Å². The van der Waals surface area contributed by atoms with Crippen LogP contribution in [0.5, 0.6) is 0 Å². The number of imidazole rings is 1. The second-order valence-corrected chi connectivity index (χ2v) is 5.00. The van der Waals surface area contributed by atoms with Gasteiger partial charge >= 0.3 is 5.69 Å². The van der Waals surface area contributed by atoms with Gasteiger partial charge in [0, 0.05) is 6.04 Å². The van der Waals surface area contributed by atoms with Crippen LogP contribution >= 0.6 is 0 Å². The molecule has 2 heterocycles. The second kappa shape index (κ2) is 5.02. The van der Waals surface area contributed by atoms with Crippen LogP contribution in [0.25, 0.3) is 11.0 Å². The number of nitrogens with one attached hydrogen (secondary N) is 3. The van der Waals surface area contributed by atoms with Gasteiger partial charge in [-0.3, -0.25) is 0 Å². The molecule has 5 heteroatoms. The van der Waals surface area contributed by atoms with E-state index in [1.165, 1.54) is 0 Å². The van der Waals surface area contributed by atoms with Gasteiger partial charge in [0.15, 0.2) is 0 Å². The van der Waals surface area contributed by atoms with Crippen molar-refractivity contribution < 1.29 is 4.42 Å². The number of furan rings is 1. The predicted octanol–water partition coefficient (Wildman–Crippen LogP) is 2.61. The zero-order valence-corrected chi connectivity index (χ0v) is 11.5. The summed E-state index contributed by atoms with van der Waals surface area (Å²) in [4.78, 5) is 16.8. The lowest BCUT2D eigenvalue weighted by Crippen LogP contribution is -2.17. The van der Waals surface area contributed by atoms with Crippen LogP contribution < -0.4 is 11.0 Å². The van der Waals surface area contributed by atoms with Gasteiger partial charge in [0.1, 0.15) is 11.5 Å². The summed E-state index contributed by atoms with van der Waals surface area (Å²) >= 11 is 0. The maximum Gasteiger partial charge on any atom is 0.323 e. The second-order valence-electron chi connectivity index (χ2n) is 5.00. The summed E-state index contributed by atoms with van der Waals surface area (Å²) in [6.45, 7) is 4.70. The summed E-state index contributed by atoms with van der Waals surface area (Å²) in [5, 5.41) is 3.40. The number of fused-ring (bicyclic) bond motifs is 1. The molecule has 1 atom stereocenters. The highest BCUT2D eigenvalue weighted by Gasteiger charge is 2.08. The van der Waals surface area contributed by atoms with Crippen molar-refractivity contribution >= 4 is 11.0 Å². The Bertz CT molecular complexity index is 782. The molecule has 5 nitrogen and oxygen atoms in total. The Morgan fingerprint density at radius 2 is 2.00 bits per heavy atom. The highest BCUT2D eigenvalue weighted by atomic mass is 16.3. The molecule has 0 aliphatic heterocycles. The van der Waals surface area contributed by atoms with E-state index in [0.29, 0.717) is 6.54 Å². The van der Waals surface area contributed by atoms with E-state index in [0.717, 1.165) is 28.1 Å². The molecule has 0 radical (unpaired) electrons. The van der Waals surface area contributed by atoms with E-state index in [1.54, 1.807) is 0 Å². The fraction of sp³-hybridized carbons (Fsp3) is 0.267. The normalized spacial score (nSPS) is 12.9. The summed E-state index contributed by atoms with van der Waals surface area (Å²) in [5.41, 5.74) is 2.60. The van der Waals surface area contributed by atoms with E-state index in [4.69, 9.17) is 4.42 Å². The lowest BCUT2D eigenvalue weighted by Gasteiger charge is -2.13. The number of aryl methyl sites for hydroxylation is 1. The van der Waals surface area contributed by atoms with Crippen LogP contribution in [-0.4, -0.2) is 9.97 Å². The summed E-state index contributed by atoms with van der Waals surface area (Å²) in [7, 11) is 0. The molecule has 0 saturated carbocycles. The Morgan fingerprint density at radius 3 is 2.75 bits per heavy atom. The molecule has 0 saturated heterocycles. The van der Waals surface area contributed by atoms with E-state index >= 15 is 0 Å². The van der Waals surface area contributed by atoms with Crippen LogP contribution in [0.15, 0.2) is 39.5 Å². The predicted molar refractivity (Wildman–Crippen MR) is 77.6 cm³/mol. The van der Waals surface area contributed by atoms with E-state index in [2.05, 4.69) is 22.2 Å². The fourth-order valence-electron chi connectivity index (χ4n) is 2.27. The van der Waals surface area contributed by atoms with E-state index in [9.17, 15) is 4.79 Å². The minimum absolute atomic E-state index is 0.170. The van der Waals surface area contributed by atoms with Crippen molar-refractivity contribution in [2.75, 3.05) is 0 Å². The summed E-state index contributed by atoms with van der Waals surface area (Å²) < 4.78 is 5.53. The molecule has 1 unspecified atom stereocenters. The third-order valence-electron chi connectivity index (χ3n) is 3.42. The van der Waals surface area contributed by atoms with Crippen LogP contribution in [0, 0.1) is 6.92 Å². The van der Waals surface area contributed by atoms with Crippen molar-refractivity contribution in [3.63, 3.8) is 0 Å². The highest BCUT2D eigenvalue weighted by Crippen LogP contribution is 2.17. The summed E-state index contributed by atoms with van der Waals surface area (Å²) in [5.74, 6) is 1.84. The average Bonchev–Trinajstić information content (AvgIpc) is 2.99. The lowest BCUT2D eigenvalue weighted by atomic mass is 10.1. The number of benzene rings is 1.